The summed E-state index contributed by atoms with van der Waals surface area (Å²) in [7, 11) is 4.67. The first kappa shape index (κ1) is 27.6. The molecule has 0 bridgehead atoms. The van der Waals surface area contributed by atoms with Crippen LogP contribution in [0.25, 0.3) is 5.57 Å². The SMILES string of the molecule is C=C(CO[C@@H]1c2cc3c(cc2[C@@H](c2cc(OC)c(OC)c(OC)c2)[C@H]2C(=O)OC[C@@H]21)OCO3)c1ccc(Cl)cc1Cl. The molecule has 0 saturated carbocycles. The number of fused-ring (bicyclic) bond motifs is 3. The number of rotatable bonds is 8. The van der Waals surface area contributed by atoms with E-state index in [-0.39, 0.29) is 31.9 Å². The van der Waals surface area contributed by atoms with Crippen LogP contribution >= 0.6 is 23.2 Å². The van der Waals surface area contributed by atoms with Gasteiger partial charge in [-0.05, 0) is 64.2 Å². The van der Waals surface area contributed by atoms with Gasteiger partial charge in [0.2, 0.25) is 12.5 Å². The van der Waals surface area contributed by atoms with E-state index in [4.69, 9.17) is 56.4 Å². The van der Waals surface area contributed by atoms with Crippen molar-refractivity contribution in [1.82, 2.24) is 0 Å². The van der Waals surface area contributed by atoms with E-state index in [2.05, 4.69) is 6.58 Å². The third-order valence-corrected chi connectivity index (χ3v) is 8.46. The quantitative estimate of drug-likeness (QED) is 0.273. The van der Waals surface area contributed by atoms with Crippen LogP contribution in [0.2, 0.25) is 10.0 Å². The van der Waals surface area contributed by atoms with Crippen LogP contribution in [0.3, 0.4) is 0 Å². The van der Waals surface area contributed by atoms with Crippen LogP contribution in [-0.4, -0.2) is 47.3 Å². The number of ether oxygens (including phenoxy) is 7. The summed E-state index contributed by atoms with van der Waals surface area (Å²) >= 11 is 12.5. The molecule has 10 heteroatoms. The van der Waals surface area contributed by atoms with Gasteiger partial charge in [0.05, 0.1) is 46.6 Å². The maximum atomic E-state index is 13.4. The summed E-state index contributed by atoms with van der Waals surface area (Å²) in [4.78, 5) is 13.4. The van der Waals surface area contributed by atoms with Crippen molar-refractivity contribution < 1.29 is 38.0 Å². The van der Waals surface area contributed by atoms with Gasteiger partial charge in [0.1, 0.15) is 0 Å². The van der Waals surface area contributed by atoms with Crippen LogP contribution in [0, 0.1) is 11.8 Å². The van der Waals surface area contributed by atoms with E-state index in [0.29, 0.717) is 44.4 Å². The third kappa shape index (κ3) is 4.74. The minimum atomic E-state index is -0.539. The molecule has 4 atom stereocenters. The molecule has 0 radical (unpaired) electrons. The van der Waals surface area contributed by atoms with Gasteiger partial charge in [0.15, 0.2) is 23.0 Å². The van der Waals surface area contributed by atoms with E-state index < -0.39 is 17.9 Å². The Morgan fingerprint density at radius 3 is 2.24 bits per heavy atom. The molecule has 1 aliphatic carbocycles. The van der Waals surface area contributed by atoms with Crippen molar-refractivity contribution >= 4 is 34.7 Å². The van der Waals surface area contributed by atoms with Gasteiger partial charge >= 0.3 is 5.97 Å². The highest BCUT2D eigenvalue weighted by Gasteiger charge is 2.53. The van der Waals surface area contributed by atoms with Crippen LogP contribution in [-0.2, 0) is 14.3 Å². The van der Waals surface area contributed by atoms with Gasteiger partial charge in [0.25, 0.3) is 0 Å². The highest BCUT2D eigenvalue weighted by atomic mass is 35.5. The maximum absolute atomic E-state index is 13.4. The number of benzene rings is 3. The largest absolute Gasteiger partial charge is 0.493 e. The van der Waals surface area contributed by atoms with Crippen LogP contribution < -0.4 is 23.7 Å². The predicted molar refractivity (Wildman–Crippen MR) is 153 cm³/mol. The lowest BCUT2D eigenvalue weighted by molar-refractivity contribution is -0.141. The first-order chi connectivity index (χ1) is 19.8. The fraction of sp³-hybridized carbons (Fsp3) is 0.323. The predicted octanol–water partition coefficient (Wildman–Crippen LogP) is 6.45. The zero-order chi connectivity index (χ0) is 28.8. The second kappa shape index (κ2) is 11.0. The second-order valence-electron chi connectivity index (χ2n) is 10.0. The number of halogens is 2. The first-order valence-electron chi connectivity index (χ1n) is 13.0. The van der Waals surface area contributed by atoms with Crippen molar-refractivity contribution in [1.29, 1.82) is 0 Å². The molecule has 8 nitrogen and oxygen atoms in total. The molecular weight excluding hydrogens is 571 g/mol. The summed E-state index contributed by atoms with van der Waals surface area (Å²) in [6.07, 6.45) is -0.489. The summed E-state index contributed by atoms with van der Waals surface area (Å²) in [5, 5.41) is 1.02. The van der Waals surface area contributed by atoms with Gasteiger partial charge in [-0.1, -0.05) is 35.8 Å². The van der Waals surface area contributed by atoms with E-state index in [1.165, 1.54) is 0 Å². The maximum Gasteiger partial charge on any atom is 0.310 e. The van der Waals surface area contributed by atoms with Gasteiger partial charge in [-0.2, -0.15) is 0 Å². The molecule has 6 rings (SSSR count). The molecule has 214 valence electrons. The smallest absolute Gasteiger partial charge is 0.310 e. The number of esters is 1. The summed E-state index contributed by atoms with van der Waals surface area (Å²) in [6.45, 7) is 4.68. The molecule has 0 spiro atoms. The van der Waals surface area contributed by atoms with Gasteiger partial charge in [0, 0.05) is 21.9 Å². The zero-order valence-electron chi connectivity index (χ0n) is 22.7. The second-order valence-corrected chi connectivity index (χ2v) is 10.9. The van der Waals surface area contributed by atoms with Crippen LogP contribution in [0.15, 0.2) is 49.0 Å². The Labute approximate surface area is 247 Å². The molecule has 3 aromatic carbocycles. The first-order valence-corrected chi connectivity index (χ1v) is 13.7. The van der Waals surface area contributed by atoms with Crippen molar-refractivity contribution in [2.45, 2.75) is 12.0 Å². The Kier molecular flexibility index (Phi) is 7.40. The lowest BCUT2D eigenvalue weighted by Crippen LogP contribution is -2.36. The van der Waals surface area contributed by atoms with Crippen molar-refractivity contribution in [2.75, 3.05) is 41.3 Å². The standard InChI is InChI=1S/C31H28Cl2O8/c1-15(18-6-5-17(32)9-22(18)33)12-38-29-20-11-24-23(40-14-41-24)10-19(20)27(28-21(29)13-39-31(28)34)16-7-25(35-2)30(37-4)26(8-16)36-3/h5-11,21,27-29H,1,12-14H2,2-4H3/t21-,27+,28-,29+/m0/s1. The van der Waals surface area contributed by atoms with Crippen molar-refractivity contribution in [3.05, 3.63) is 81.3 Å². The number of carbonyl (C=O) groups is 1. The number of cyclic esters (lactones) is 1. The number of hydrogen-bond donors (Lipinski definition) is 0. The van der Waals surface area contributed by atoms with Crippen LogP contribution in [0.5, 0.6) is 28.7 Å². The van der Waals surface area contributed by atoms with E-state index in [9.17, 15) is 4.79 Å². The van der Waals surface area contributed by atoms with Crippen molar-refractivity contribution in [2.24, 2.45) is 11.8 Å². The Balaban J connectivity index is 1.45. The van der Waals surface area contributed by atoms with Crippen LogP contribution in [0.1, 0.15) is 34.3 Å². The van der Waals surface area contributed by atoms with Crippen LogP contribution in [0.4, 0.5) is 0 Å². The summed E-state index contributed by atoms with van der Waals surface area (Å²) in [5.74, 6) is 1.13. The average Bonchev–Trinajstić information content (AvgIpc) is 3.59. The number of carbonyl (C=O) groups excluding carboxylic acids is 1. The molecule has 0 aromatic heterocycles. The molecule has 0 amide bonds. The fourth-order valence-electron chi connectivity index (χ4n) is 6.05. The Morgan fingerprint density at radius 2 is 1.61 bits per heavy atom. The van der Waals surface area contributed by atoms with Gasteiger partial charge in [-0.3, -0.25) is 4.79 Å². The monoisotopic (exact) mass is 598 g/mol. The molecular formula is C31H28Cl2O8. The van der Waals surface area contributed by atoms with Gasteiger partial charge in [-0.15, -0.1) is 0 Å². The lowest BCUT2D eigenvalue weighted by atomic mass is 9.66. The minimum Gasteiger partial charge on any atom is -0.493 e. The zero-order valence-corrected chi connectivity index (χ0v) is 24.2. The summed E-state index contributed by atoms with van der Waals surface area (Å²) < 4.78 is 40.5. The Hall–Kier alpha value is -3.59. The van der Waals surface area contributed by atoms with E-state index in [0.717, 1.165) is 22.3 Å². The van der Waals surface area contributed by atoms with E-state index in [1.54, 1.807) is 33.5 Å². The number of methoxy groups -OCH3 is 3. The molecule has 3 aliphatic rings. The molecule has 1 fully saturated rings. The highest BCUT2D eigenvalue weighted by molar-refractivity contribution is 6.35. The highest BCUT2D eigenvalue weighted by Crippen LogP contribution is 2.56. The molecule has 1 saturated heterocycles. The van der Waals surface area contributed by atoms with Gasteiger partial charge in [-0.25, -0.2) is 0 Å². The number of hydrogen-bond acceptors (Lipinski definition) is 8. The van der Waals surface area contributed by atoms with E-state index >= 15 is 0 Å². The normalized spacial score (nSPS) is 22.0. The molecule has 2 aliphatic heterocycles. The Morgan fingerprint density at radius 1 is 0.927 bits per heavy atom. The average molecular weight is 599 g/mol. The molecule has 41 heavy (non-hydrogen) atoms. The molecule has 2 heterocycles. The lowest BCUT2D eigenvalue weighted by Gasteiger charge is -2.39. The summed E-state index contributed by atoms with van der Waals surface area (Å²) in [5.41, 5.74) is 3.97. The molecule has 3 aromatic rings. The minimum absolute atomic E-state index is 0.110. The van der Waals surface area contributed by atoms with Crippen molar-refractivity contribution in [3.8, 4) is 28.7 Å². The molecule has 0 N–H and O–H groups in total. The summed E-state index contributed by atoms with van der Waals surface area (Å²) in [6, 6.07) is 12.8. The fourth-order valence-corrected chi connectivity index (χ4v) is 6.59. The van der Waals surface area contributed by atoms with Crippen molar-refractivity contribution in [3.63, 3.8) is 0 Å². The Bertz CT molecular complexity index is 1510. The third-order valence-electron chi connectivity index (χ3n) is 7.91. The molecule has 0 unspecified atom stereocenters. The van der Waals surface area contributed by atoms with Gasteiger partial charge < -0.3 is 33.2 Å². The topological polar surface area (TPSA) is 81.7 Å². The van der Waals surface area contributed by atoms with E-state index in [1.807, 2.05) is 30.3 Å².